The Morgan fingerprint density at radius 1 is 1.60 bits per heavy atom. The Hall–Kier alpha value is 0.377. The van der Waals surface area contributed by atoms with E-state index in [1.54, 1.807) is 5.13 Å². The second-order valence-corrected chi connectivity index (χ2v) is 4.21. The van der Waals surface area contributed by atoms with Gasteiger partial charge >= 0.3 is 0 Å². The lowest BCUT2D eigenvalue weighted by Crippen LogP contribution is -1.81. The fourth-order valence-electron chi connectivity index (χ4n) is 0. The van der Waals surface area contributed by atoms with Crippen LogP contribution in [0.3, 0.4) is 0 Å². The molecular weight excluding hydrogens is 99.6 g/mol. The molecule has 0 saturated carbocycles. The van der Waals surface area contributed by atoms with E-state index in [0.29, 0.717) is 0 Å². The van der Waals surface area contributed by atoms with Crippen molar-refractivity contribution >= 4 is 25.1 Å². The van der Waals surface area contributed by atoms with Crippen LogP contribution in [-0.2, 0) is 0 Å². The zero-order chi connectivity index (χ0) is 4.28. The zero-order valence-electron chi connectivity index (χ0n) is 3.46. The van der Waals surface area contributed by atoms with Crippen LogP contribution >= 0.6 is 11.6 Å². The van der Waals surface area contributed by atoms with Gasteiger partial charge in [0, 0.05) is 8.41 Å². The van der Waals surface area contributed by atoms with Crippen LogP contribution in [0.25, 0.3) is 0 Å². The standard InChI is InChI=1S/C3H7ClSi/c1-5(2)3-4/h3H,1-2H3. The molecule has 0 heterocycles. The maximum atomic E-state index is 5.26. The molecule has 0 aromatic rings. The van der Waals surface area contributed by atoms with Crippen molar-refractivity contribution in [1.29, 1.82) is 0 Å². The molecule has 0 spiro atoms. The van der Waals surface area contributed by atoms with Gasteiger partial charge in [-0.25, -0.2) is 0 Å². The van der Waals surface area contributed by atoms with Crippen LogP contribution in [-0.4, -0.2) is 13.5 Å². The molecule has 0 aliphatic heterocycles. The number of hydrogen-bond donors (Lipinski definition) is 0. The van der Waals surface area contributed by atoms with Crippen molar-refractivity contribution in [1.82, 2.24) is 0 Å². The molecule has 5 heavy (non-hydrogen) atoms. The molecule has 0 unspecified atom stereocenters. The second-order valence-electron chi connectivity index (χ2n) is 1.19. The normalized spacial score (nSPS) is 7.00. The minimum Gasteiger partial charge on any atom is -0.0988 e. The van der Waals surface area contributed by atoms with Gasteiger partial charge in [-0.15, -0.1) is 0 Å². The Morgan fingerprint density at radius 2 is 1.80 bits per heavy atom. The second kappa shape index (κ2) is 2.61. The van der Waals surface area contributed by atoms with Crippen molar-refractivity contribution in [3.8, 4) is 0 Å². The molecule has 0 atom stereocenters. The summed E-state index contributed by atoms with van der Waals surface area (Å²) in [5, 5.41) is 1.74. The molecule has 0 aromatic carbocycles. The third kappa shape index (κ3) is 4.38. The van der Waals surface area contributed by atoms with E-state index in [0.717, 1.165) is 0 Å². The van der Waals surface area contributed by atoms with Gasteiger partial charge in [0.05, 0.1) is 0 Å². The molecule has 0 aliphatic rings. The molecule has 0 aliphatic carbocycles. The summed E-state index contributed by atoms with van der Waals surface area (Å²) in [5.74, 6) is 0. The highest BCUT2D eigenvalue weighted by molar-refractivity contribution is 6.84. The minimum atomic E-state index is -0.234. The first kappa shape index (κ1) is 5.38. The lowest BCUT2D eigenvalue weighted by atomic mass is 11.8. The van der Waals surface area contributed by atoms with Crippen LogP contribution in [0.2, 0.25) is 13.1 Å². The maximum absolute atomic E-state index is 5.26. The van der Waals surface area contributed by atoms with Gasteiger partial charge in [0.1, 0.15) is 0 Å². The van der Waals surface area contributed by atoms with E-state index in [2.05, 4.69) is 13.1 Å². The summed E-state index contributed by atoms with van der Waals surface area (Å²) < 4.78 is 0. The zero-order valence-corrected chi connectivity index (χ0v) is 5.21. The predicted octanol–water partition coefficient (Wildman–Crippen LogP) is 1.32. The molecular formula is C3H7ClSi. The minimum absolute atomic E-state index is 0.234. The SMILES string of the molecule is C[Si](C)=CCl. The van der Waals surface area contributed by atoms with Gasteiger partial charge in [-0.2, -0.15) is 0 Å². The summed E-state index contributed by atoms with van der Waals surface area (Å²) in [6, 6.07) is 0. The highest BCUT2D eigenvalue weighted by Gasteiger charge is 1.65. The molecule has 0 bridgehead atoms. The summed E-state index contributed by atoms with van der Waals surface area (Å²) in [7, 11) is -0.234. The lowest BCUT2D eigenvalue weighted by Gasteiger charge is -1.69. The molecule has 0 radical (unpaired) electrons. The average Bonchev–Trinajstić information content (AvgIpc) is 1.38. The highest BCUT2D eigenvalue weighted by atomic mass is 35.5. The lowest BCUT2D eigenvalue weighted by molar-refractivity contribution is 2.11. The Kier molecular flexibility index (Phi) is 2.80. The van der Waals surface area contributed by atoms with Crippen molar-refractivity contribution in [3.63, 3.8) is 0 Å². The number of rotatable bonds is 0. The van der Waals surface area contributed by atoms with Crippen LogP contribution < -0.4 is 0 Å². The van der Waals surface area contributed by atoms with Gasteiger partial charge in [0.2, 0.25) is 0 Å². The van der Waals surface area contributed by atoms with Crippen LogP contribution in [0.1, 0.15) is 0 Å². The number of hydrogen-bond acceptors (Lipinski definition) is 0. The fourth-order valence-corrected chi connectivity index (χ4v) is 0. The summed E-state index contributed by atoms with van der Waals surface area (Å²) in [6.45, 7) is 4.27. The summed E-state index contributed by atoms with van der Waals surface area (Å²) in [4.78, 5) is 0. The Morgan fingerprint density at radius 3 is 1.80 bits per heavy atom. The van der Waals surface area contributed by atoms with Gasteiger partial charge in [-0.3, -0.25) is 0 Å². The molecule has 0 N–H and O–H groups in total. The average molecular weight is 107 g/mol. The number of halogens is 1. The van der Waals surface area contributed by atoms with E-state index in [4.69, 9.17) is 11.6 Å². The molecule has 0 rings (SSSR count). The van der Waals surface area contributed by atoms with Crippen LogP contribution in [0.5, 0.6) is 0 Å². The fraction of sp³-hybridized carbons (Fsp3) is 0.667. The van der Waals surface area contributed by atoms with Crippen LogP contribution in [0, 0.1) is 0 Å². The van der Waals surface area contributed by atoms with Crippen molar-refractivity contribution in [2.45, 2.75) is 13.1 Å². The van der Waals surface area contributed by atoms with E-state index in [9.17, 15) is 0 Å². The summed E-state index contributed by atoms with van der Waals surface area (Å²) in [5.41, 5.74) is 0. The van der Waals surface area contributed by atoms with Gasteiger partial charge < -0.3 is 0 Å². The quantitative estimate of drug-likeness (QED) is 0.409. The topological polar surface area (TPSA) is 0 Å². The van der Waals surface area contributed by atoms with Crippen molar-refractivity contribution in [2.75, 3.05) is 0 Å². The third-order valence-electron chi connectivity index (χ3n) is 0.218. The summed E-state index contributed by atoms with van der Waals surface area (Å²) >= 11 is 5.26. The Labute approximate surface area is 39.0 Å². The van der Waals surface area contributed by atoms with E-state index in [-0.39, 0.29) is 8.41 Å². The monoisotopic (exact) mass is 106 g/mol. The van der Waals surface area contributed by atoms with Gasteiger partial charge in [0.25, 0.3) is 0 Å². The highest BCUT2D eigenvalue weighted by Crippen LogP contribution is 1.63. The Bertz CT molecular complexity index is 44.9. The van der Waals surface area contributed by atoms with E-state index in [1.807, 2.05) is 0 Å². The van der Waals surface area contributed by atoms with E-state index in [1.165, 1.54) is 0 Å². The predicted molar refractivity (Wildman–Crippen MR) is 29.4 cm³/mol. The first-order valence-corrected chi connectivity index (χ1v) is 4.52. The molecule has 0 nitrogen and oxygen atoms in total. The van der Waals surface area contributed by atoms with Gasteiger partial charge in [0.15, 0.2) is 0 Å². The Balaban J connectivity index is 3.14. The molecule has 0 fully saturated rings. The van der Waals surface area contributed by atoms with Crippen molar-refractivity contribution in [2.24, 2.45) is 0 Å². The molecule has 2 heteroatoms. The smallest absolute Gasteiger partial charge is 0.0181 e. The molecule has 0 saturated heterocycles. The van der Waals surface area contributed by atoms with E-state index >= 15 is 0 Å². The third-order valence-corrected chi connectivity index (χ3v) is 1.96. The molecule has 30 valence electrons. The van der Waals surface area contributed by atoms with Crippen LogP contribution in [0.15, 0.2) is 0 Å². The largest absolute Gasteiger partial charge is 0.0988 e. The van der Waals surface area contributed by atoms with E-state index < -0.39 is 0 Å². The van der Waals surface area contributed by atoms with Gasteiger partial charge in [-0.05, 0) is 5.13 Å². The first-order chi connectivity index (χ1) is 2.27. The summed E-state index contributed by atoms with van der Waals surface area (Å²) in [6.07, 6.45) is 0. The molecule has 0 amide bonds. The van der Waals surface area contributed by atoms with Gasteiger partial charge in [-0.1, -0.05) is 24.7 Å². The van der Waals surface area contributed by atoms with Crippen LogP contribution in [0.4, 0.5) is 0 Å². The molecule has 0 aromatic heterocycles. The van der Waals surface area contributed by atoms with Crippen molar-refractivity contribution < 1.29 is 0 Å². The maximum Gasteiger partial charge on any atom is 0.0181 e. The van der Waals surface area contributed by atoms with Crippen molar-refractivity contribution in [3.05, 3.63) is 0 Å². The first-order valence-electron chi connectivity index (χ1n) is 1.51.